The predicted octanol–water partition coefficient (Wildman–Crippen LogP) is 3.52. The predicted molar refractivity (Wildman–Crippen MR) is 122 cm³/mol. The lowest BCUT2D eigenvalue weighted by Crippen LogP contribution is -2.50. The van der Waals surface area contributed by atoms with Gasteiger partial charge in [0.2, 0.25) is 11.9 Å². The summed E-state index contributed by atoms with van der Waals surface area (Å²) in [5.41, 5.74) is 0.664. The number of morpholine rings is 1. The monoisotopic (exact) mass is 459 g/mol. The SMILES string of the molecule is O=C(CSc1nnc(N2CCOCC2)n1-c1cccc(F)c1)N1CCC[C@@H]2CCCC[C@@H]21. The lowest BCUT2D eigenvalue weighted by molar-refractivity contribution is -0.134. The van der Waals surface area contributed by atoms with E-state index in [1.54, 1.807) is 6.07 Å². The zero-order valence-corrected chi connectivity index (χ0v) is 19.1. The summed E-state index contributed by atoms with van der Waals surface area (Å²) in [6.07, 6.45) is 7.23. The minimum absolute atomic E-state index is 0.174. The number of fused-ring (bicyclic) bond motifs is 1. The van der Waals surface area contributed by atoms with Gasteiger partial charge in [0.1, 0.15) is 5.82 Å². The fourth-order valence-corrected chi connectivity index (χ4v) is 6.14. The molecule has 5 rings (SSSR count). The number of aromatic nitrogens is 3. The topological polar surface area (TPSA) is 63.5 Å². The molecule has 9 heteroatoms. The average molecular weight is 460 g/mol. The number of piperidine rings is 1. The number of anilines is 1. The van der Waals surface area contributed by atoms with Crippen LogP contribution in [0.1, 0.15) is 38.5 Å². The summed E-state index contributed by atoms with van der Waals surface area (Å²) < 4.78 is 21.4. The number of carbonyl (C=O) groups excluding carboxylic acids is 1. The van der Waals surface area contributed by atoms with Gasteiger partial charge in [-0.15, -0.1) is 10.2 Å². The van der Waals surface area contributed by atoms with E-state index in [-0.39, 0.29) is 11.7 Å². The summed E-state index contributed by atoms with van der Waals surface area (Å²) in [7, 11) is 0. The molecule has 0 unspecified atom stereocenters. The quantitative estimate of drug-likeness (QED) is 0.638. The van der Waals surface area contributed by atoms with E-state index in [4.69, 9.17) is 4.74 Å². The number of amides is 1. The van der Waals surface area contributed by atoms with Crippen LogP contribution in [0.4, 0.5) is 10.3 Å². The van der Waals surface area contributed by atoms with Crippen LogP contribution >= 0.6 is 11.8 Å². The van der Waals surface area contributed by atoms with Crippen molar-refractivity contribution in [1.29, 1.82) is 0 Å². The van der Waals surface area contributed by atoms with Crippen LogP contribution in [0.2, 0.25) is 0 Å². The van der Waals surface area contributed by atoms with Crippen molar-refractivity contribution < 1.29 is 13.9 Å². The fraction of sp³-hybridized carbons (Fsp3) is 0.609. The van der Waals surface area contributed by atoms with E-state index in [9.17, 15) is 9.18 Å². The molecule has 7 nitrogen and oxygen atoms in total. The van der Waals surface area contributed by atoms with Crippen molar-refractivity contribution in [1.82, 2.24) is 19.7 Å². The summed E-state index contributed by atoms with van der Waals surface area (Å²) in [6.45, 7) is 3.50. The minimum Gasteiger partial charge on any atom is -0.378 e. The van der Waals surface area contributed by atoms with Crippen molar-refractivity contribution in [3.63, 3.8) is 0 Å². The molecular weight excluding hydrogens is 429 g/mol. The summed E-state index contributed by atoms with van der Waals surface area (Å²) in [5.74, 6) is 1.51. The van der Waals surface area contributed by atoms with Gasteiger partial charge in [0.15, 0.2) is 5.16 Å². The lowest BCUT2D eigenvalue weighted by atomic mass is 9.78. The fourth-order valence-electron chi connectivity index (χ4n) is 5.31. The summed E-state index contributed by atoms with van der Waals surface area (Å²) >= 11 is 1.39. The first-order chi connectivity index (χ1) is 15.7. The highest BCUT2D eigenvalue weighted by Gasteiger charge is 2.35. The molecule has 1 saturated carbocycles. The molecule has 2 aromatic rings. The zero-order chi connectivity index (χ0) is 21.9. The smallest absolute Gasteiger partial charge is 0.233 e. The molecular formula is C23H30FN5O2S. The molecule has 2 aliphatic heterocycles. The van der Waals surface area contributed by atoms with Gasteiger partial charge in [0, 0.05) is 25.7 Å². The highest BCUT2D eigenvalue weighted by Crippen LogP contribution is 2.36. The first-order valence-corrected chi connectivity index (χ1v) is 12.7. The maximum Gasteiger partial charge on any atom is 0.233 e. The molecule has 3 fully saturated rings. The zero-order valence-electron chi connectivity index (χ0n) is 18.3. The van der Waals surface area contributed by atoms with Crippen LogP contribution in [-0.4, -0.2) is 70.2 Å². The van der Waals surface area contributed by atoms with Gasteiger partial charge >= 0.3 is 0 Å². The van der Waals surface area contributed by atoms with E-state index in [1.807, 2.05) is 10.6 Å². The summed E-state index contributed by atoms with van der Waals surface area (Å²) in [6, 6.07) is 6.84. The Hall–Kier alpha value is -2.13. The van der Waals surface area contributed by atoms with Crippen LogP contribution in [-0.2, 0) is 9.53 Å². The Bertz CT molecular complexity index is 946. The number of rotatable bonds is 5. The molecule has 2 atom stereocenters. The molecule has 0 spiro atoms. The first-order valence-electron chi connectivity index (χ1n) is 11.7. The number of hydrogen-bond acceptors (Lipinski definition) is 6. The van der Waals surface area contributed by atoms with Gasteiger partial charge in [-0.25, -0.2) is 4.39 Å². The lowest BCUT2D eigenvalue weighted by Gasteiger charge is -2.44. The Morgan fingerprint density at radius 2 is 1.91 bits per heavy atom. The van der Waals surface area contributed by atoms with E-state index in [1.165, 1.54) is 49.6 Å². The van der Waals surface area contributed by atoms with Gasteiger partial charge in [0.05, 0.1) is 24.7 Å². The van der Waals surface area contributed by atoms with E-state index < -0.39 is 0 Å². The first kappa shape index (κ1) is 21.7. The van der Waals surface area contributed by atoms with Crippen LogP contribution in [0, 0.1) is 11.7 Å². The molecule has 3 aliphatic rings. The molecule has 172 valence electrons. The van der Waals surface area contributed by atoms with Crippen molar-refractivity contribution in [3.05, 3.63) is 30.1 Å². The van der Waals surface area contributed by atoms with Crippen LogP contribution in [0.5, 0.6) is 0 Å². The van der Waals surface area contributed by atoms with Crippen LogP contribution < -0.4 is 4.90 Å². The van der Waals surface area contributed by atoms with E-state index in [0.29, 0.717) is 60.8 Å². The highest BCUT2D eigenvalue weighted by atomic mass is 32.2. The van der Waals surface area contributed by atoms with Crippen LogP contribution in [0.3, 0.4) is 0 Å². The molecule has 0 bridgehead atoms. The van der Waals surface area contributed by atoms with Crippen molar-refractivity contribution in [2.45, 2.75) is 49.7 Å². The summed E-state index contributed by atoms with van der Waals surface area (Å²) in [4.78, 5) is 17.4. The van der Waals surface area contributed by atoms with Gasteiger partial charge in [-0.05, 0) is 49.8 Å². The molecule has 2 saturated heterocycles. The number of benzene rings is 1. The number of nitrogens with zero attached hydrogens (tertiary/aromatic N) is 5. The van der Waals surface area contributed by atoms with E-state index in [2.05, 4.69) is 20.0 Å². The third-order valence-electron chi connectivity index (χ3n) is 6.86. The molecule has 3 heterocycles. The standard InChI is InChI=1S/C23H30FN5O2S/c24-18-7-3-8-19(15-18)29-22(27-11-13-31-14-12-27)25-26-23(29)32-16-21(30)28-10-4-6-17-5-1-2-9-20(17)28/h3,7-8,15,17,20H,1-2,4-6,9-14,16H2/t17-,20-/m0/s1. The molecule has 32 heavy (non-hydrogen) atoms. The summed E-state index contributed by atoms with van der Waals surface area (Å²) in [5, 5.41) is 9.43. The Labute approximate surface area is 192 Å². The Morgan fingerprint density at radius 3 is 2.75 bits per heavy atom. The number of thioether (sulfide) groups is 1. The third kappa shape index (κ3) is 4.50. The number of likely N-dealkylation sites (tertiary alicyclic amines) is 1. The second kappa shape index (κ2) is 9.79. The van der Waals surface area contributed by atoms with Crippen molar-refractivity contribution >= 4 is 23.6 Å². The highest BCUT2D eigenvalue weighted by molar-refractivity contribution is 7.99. The van der Waals surface area contributed by atoms with E-state index in [0.717, 1.165) is 19.4 Å². The largest absolute Gasteiger partial charge is 0.378 e. The second-order valence-electron chi connectivity index (χ2n) is 8.83. The number of ether oxygens (including phenoxy) is 1. The number of hydrogen-bond donors (Lipinski definition) is 0. The van der Waals surface area contributed by atoms with Gasteiger partial charge < -0.3 is 14.5 Å². The number of carbonyl (C=O) groups is 1. The molecule has 1 aromatic heterocycles. The Balaban J connectivity index is 1.36. The van der Waals surface area contributed by atoms with Gasteiger partial charge in [-0.3, -0.25) is 9.36 Å². The Kier molecular flexibility index (Phi) is 6.64. The van der Waals surface area contributed by atoms with Crippen molar-refractivity contribution in [2.24, 2.45) is 5.92 Å². The molecule has 1 aliphatic carbocycles. The maximum absolute atomic E-state index is 14.0. The average Bonchev–Trinajstić information content (AvgIpc) is 3.27. The van der Waals surface area contributed by atoms with Gasteiger partial charge in [0.25, 0.3) is 0 Å². The third-order valence-corrected chi connectivity index (χ3v) is 7.78. The van der Waals surface area contributed by atoms with Gasteiger partial charge in [-0.2, -0.15) is 0 Å². The normalized spacial score (nSPS) is 23.8. The molecule has 0 N–H and O–H groups in total. The molecule has 1 amide bonds. The van der Waals surface area contributed by atoms with Crippen LogP contribution in [0.15, 0.2) is 29.4 Å². The minimum atomic E-state index is -0.312. The van der Waals surface area contributed by atoms with Crippen molar-refractivity contribution in [3.8, 4) is 5.69 Å². The maximum atomic E-state index is 14.0. The Morgan fingerprint density at radius 1 is 1.09 bits per heavy atom. The second-order valence-corrected chi connectivity index (χ2v) is 9.77. The number of halogens is 1. The van der Waals surface area contributed by atoms with Crippen LogP contribution in [0.25, 0.3) is 5.69 Å². The van der Waals surface area contributed by atoms with E-state index >= 15 is 0 Å². The van der Waals surface area contributed by atoms with Crippen molar-refractivity contribution in [2.75, 3.05) is 43.5 Å². The molecule has 0 radical (unpaired) electrons. The van der Waals surface area contributed by atoms with Gasteiger partial charge in [-0.1, -0.05) is 30.7 Å². The molecule has 1 aromatic carbocycles.